The Labute approximate surface area is 113 Å². The van der Waals surface area contributed by atoms with Crippen LogP contribution in [-0.2, 0) is 0 Å². The van der Waals surface area contributed by atoms with Gasteiger partial charge in [-0.05, 0) is 42.8 Å². The fourth-order valence-electron chi connectivity index (χ4n) is 2.78. The lowest BCUT2D eigenvalue weighted by Crippen LogP contribution is -2.18. The number of nitrogens with zero attached hydrogens (tertiary/aromatic N) is 1. The second-order valence-electron chi connectivity index (χ2n) is 4.85. The maximum atomic E-state index is 5.22. The fraction of sp³-hybridized carbons (Fsp3) is 0.312. The molecule has 3 rings (SSSR count). The van der Waals surface area contributed by atoms with Gasteiger partial charge < -0.3 is 10.1 Å². The average molecular weight is 254 g/mol. The summed E-state index contributed by atoms with van der Waals surface area (Å²) >= 11 is 0. The van der Waals surface area contributed by atoms with Gasteiger partial charge in [0.05, 0.1) is 18.8 Å². The van der Waals surface area contributed by atoms with Crippen LogP contribution in [0, 0.1) is 0 Å². The number of nitrogens with one attached hydrogen (secondary N) is 1. The summed E-state index contributed by atoms with van der Waals surface area (Å²) in [5.41, 5.74) is 2.47. The minimum Gasteiger partial charge on any atom is -0.497 e. The molecule has 1 aromatic heterocycles. The van der Waals surface area contributed by atoms with Crippen LogP contribution in [0.5, 0.6) is 5.75 Å². The van der Waals surface area contributed by atoms with Crippen LogP contribution in [0.1, 0.15) is 29.6 Å². The second-order valence-corrected chi connectivity index (χ2v) is 4.85. The largest absolute Gasteiger partial charge is 0.497 e. The van der Waals surface area contributed by atoms with Crippen molar-refractivity contribution in [2.24, 2.45) is 0 Å². The van der Waals surface area contributed by atoms with Crippen molar-refractivity contribution in [1.29, 1.82) is 0 Å². The molecular weight excluding hydrogens is 236 g/mol. The van der Waals surface area contributed by atoms with E-state index in [1.54, 1.807) is 7.11 Å². The van der Waals surface area contributed by atoms with Crippen molar-refractivity contribution < 1.29 is 4.74 Å². The molecule has 0 unspecified atom stereocenters. The van der Waals surface area contributed by atoms with Crippen molar-refractivity contribution in [3.63, 3.8) is 0 Å². The number of benzene rings is 1. The number of ether oxygens (including phenoxy) is 1. The van der Waals surface area contributed by atoms with Crippen molar-refractivity contribution in [3.05, 3.63) is 59.9 Å². The van der Waals surface area contributed by atoms with Crippen LogP contribution in [0.15, 0.2) is 48.7 Å². The summed E-state index contributed by atoms with van der Waals surface area (Å²) in [5, 5.41) is 3.56. The summed E-state index contributed by atoms with van der Waals surface area (Å²) in [6.45, 7) is 1.04. The van der Waals surface area contributed by atoms with Crippen LogP contribution in [-0.4, -0.2) is 18.6 Å². The Balaban J connectivity index is 1.86. The molecule has 1 aromatic carbocycles. The summed E-state index contributed by atoms with van der Waals surface area (Å²) in [6.07, 6.45) is 3.01. The molecule has 1 aliphatic heterocycles. The lowest BCUT2D eigenvalue weighted by molar-refractivity contribution is 0.414. The molecule has 1 aliphatic rings. The van der Waals surface area contributed by atoms with Crippen molar-refractivity contribution in [1.82, 2.24) is 10.3 Å². The van der Waals surface area contributed by atoms with Gasteiger partial charge in [-0.3, -0.25) is 4.98 Å². The van der Waals surface area contributed by atoms with E-state index >= 15 is 0 Å². The molecule has 0 saturated carbocycles. The Morgan fingerprint density at radius 3 is 2.68 bits per heavy atom. The highest BCUT2D eigenvalue weighted by Gasteiger charge is 2.30. The molecule has 98 valence electrons. The third-order valence-corrected chi connectivity index (χ3v) is 3.77. The Hall–Kier alpha value is -1.87. The zero-order valence-corrected chi connectivity index (χ0v) is 11.0. The number of aromatic nitrogens is 1. The fourth-order valence-corrected chi connectivity index (χ4v) is 2.78. The van der Waals surface area contributed by atoms with Crippen LogP contribution < -0.4 is 10.1 Å². The van der Waals surface area contributed by atoms with Gasteiger partial charge in [0, 0.05) is 12.1 Å². The average Bonchev–Trinajstić information content (AvgIpc) is 2.98. The Kier molecular flexibility index (Phi) is 3.47. The molecule has 0 aliphatic carbocycles. The van der Waals surface area contributed by atoms with E-state index in [0.29, 0.717) is 12.0 Å². The molecule has 19 heavy (non-hydrogen) atoms. The highest BCUT2D eigenvalue weighted by molar-refractivity contribution is 5.32. The van der Waals surface area contributed by atoms with Gasteiger partial charge in [0.25, 0.3) is 0 Å². The van der Waals surface area contributed by atoms with Crippen molar-refractivity contribution in [2.45, 2.75) is 18.4 Å². The topological polar surface area (TPSA) is 34.1 Å². The SMILES string of the molecule is COc1ccc([C@@H]2CCN[C@H]2c2ccccn2)cc1. The van der Waals surface area contributed by atoms with E-state index in [0.717, 1.165) is 24.4 Å². The lowest BCUT2D eigenvalue weighted by atomic mass is 9.90. The molecule has 0 amide bonds. The molecule has 0 spiro atoms. The molecule has 1 saturated heterocycles. The third-order valence-electron chi connectivity index (χ3n) is 3.77. The van der Waals surface area contributed by atoms with E-state index in [4.69, 9.17) is 4.74 Å². The van der Waals surface area contributed by atoms with Crippen LogP contribution in [0.2, 0.25) is 0 Å². The van der Waals surface area contributed by atoms with Gasteiger partial charge in [0.2, 0.25) is 0 Å². The lowest BCUT2D eigenvalue weighted by Gasteiger charge is -2.19. The molecular formula is C16H18N2O. The molecule has 1 N–H and O–H groups in total. The second kappa shape index (κ2) is 5.41. The van der Waals surface area contributed by atoms with Crippen molar-refractivity contribution in [3.8, 4) is 5.75 Å². The van der Waals surface area contributed by atoms with E-state index in [9.17, 15) is 0 Å². The first-order valence-electron chi connectivity index (χ1n) is 6.67. The number of hydrogen-bond donors (Lipinski definition) is 1. The zero-order valence-electron chi connectivity index (χ0n) is 11.0. The number of hydrogen-bond acceptors (Lipinski definition) is 3. The molecule has 0 radical (unpaired) electrons. The maximum absolute atomic E-state index is 5.22. The molecule has 3 nitrogen and oxygen atoms in total. The van der Waals surface area contributed by atoms with Gasteiger partial charge in [-0.25, -0.2) is 0 Å². The van der Waals surface area contributed by atoms with E-state index in [-0.39, 0.29) is 0 Å². The summed E-state index contributed by atoms with van der Waals surface area (Å²) in [4.78, 5) is 4.48. The van der Waals surface area contributed by atoms with E-state index in [1.807, 2.05) is 30.5 Å². The van der Waals surface area contributed by atoms with E-state index in [2.05, 4.69) is 28.5 Å². The predicted octanol–water partition coefficient (Wildman–Crippen LogP) is 2.91. The highest BCUT2D eigenvalue weighted by atomic mass is 16.5. The minimum absolute atomic E-state index is 0.314. The molecule has 3 heteroatoms. The van der Waals surface area contributed by atoms with Gasteiger partial charge >= 0.3 is 0 Å². The van der Waals surface area contributed by atoms with Crippen LogP contribution >= 0.6 is 0 Å². The monoisotopic (exact) mass is 254 g/mol. The van der Waals surface area contributed by atoms with Crippen LogP contribution in [0.3, 0.4) is 0 Å². The number of methoxy groups -OCH3 is 1. The minimum atomic E-state index is 0.314. The smallest absolute Gasteiger partial charge is 0.118 e. The van der Waals surface area contributed by atoms with Gasteiger partial charge in [-0.15, -0.1) is 0 Å². The summed E-state index contributed by atoms with van der Waals surface area (Å²) < 4.78 is 5.22. The Morgan fingerprint density at radius 1 is 1.16 bits per heavy atom. The molecule has 1 fully saturated rings. The summed E-state index contributed by atoms with van der Waals surface area (Å²) in [5.74, 6) is 1.39. The molecule has 2 aromatic rings. The van der Waals surface area contributed by atoms with Gasteiger partial charge in [0.1, 0.15) is 5.75 Å². The van der Waals surface area contributed by atoms with E-state index < -0.39 is 0 Å². The molecule has 2 atom stereocenters. The van der Waals surface area contributed by atoms with Crippen LogP contribution in [0.25, 0.3) is 0 Å². The standard InChI is InChI=1S/C16H18N2O/c1-19-13-7-5-12(6-8-13)14-9-11-18-16(14)15-4-2-3-10-17-15/h2-8,10,14,16,18H,9,11H2,1H3/t14-,16+/m0/s1. The molecule has 2 heterocycles. The van der Waals surface area contributed by atoms with Gasteiger partial charge in [-0.2, -0.15) is 0 Å². The zero-order chi connectivity index (χ0) is 13.1. The first-order valence-corrected chi connectivity index (χ1v) is 6.67. The molecule has 0 bridgehead atoms. The van der Waals surface area contributed by atoms with Crippen molar-refractivity contribution >= 4 is 0 Å². The van der Waals surface area contributed by atoms with Crippen LogP contribution in [0.4, 0.5) is 0 Å². The van der Waals surface area contributed by atoms with Crippen molar-refractivity contribution in [2.75, 3.05) is 13.7 Å². The van der Waals surface area contributed by atoms with E-state index in [1.165, 1.54) is 5.56 Å². The summed E-state index contributed by atoms with van der Waals surface area (Å²) in [7, 11) is 1.70. The number of pyridine rings is 1. The third kappa shape index (κ3) is 2.47. The Bertz CT molecular complexity index is 524. The quantitative estimate of drug-likeness (QED) is 0.914. The van der Waals surface area contributed by atoms with Gasteiger partial charge in [-0.1, -0.05) is 18.2 Å². The number of rotatable bonds is 3. The maximum Gasteiger partial charge on any atom is 0.118 e. The normalized spacial score (nSPS) is 22.4. The summed E-state index contributed by atoms with van der Waals surface area (Å²) in [6, 6.07) is 14.8. The Morgan fingerprint density at radius 2 is 2.00 bits per heavy atom. The predicted molar refractivity (Wildman–Crippen MR) is 75.3 cm³/mol. The van der Waals surface area contributed by atoms with Gasteiger partial charge in [0.15, 0.2) is 0 Å². The first kappa shape index (κ1) is 12.2. The first-order chi connectivity index (χ1) is 9.38. The highest BCUT2D eigenvalue weighted by Crippen LogP contribution is 2.37.